The van der Waals surface area contributed by atoms with Gasteiger partial charge in [-0.05, 0) is 37.0 Å². The number of phenols is 1. The summed E-state index contributed by atoms with van der Waals surface area (Å²) in [5.41, 5.74) is 7.32. The van der Waals surface area contributed by atoms with E-state index in [0.717, 1.165) is 6.42 Å². The summed E-state index contributed by atoms with van der Waals surface area (Å²) >= 11 is 0. The van der Waals surface area contributed by atoms with Gasteiger partial charge >= 0.3 is 5.97 Å². The molecule has 4 nitrogen and oxygen atoms in total. The van der Waals surface area contributed by atoms with Gasteiger partial charge in [-0.25, -0.2) is 4.79 Å². The molecule has 1 saturated carbocycles. The zero-order valence-corrected chi connectivity index (χ0v) is 11.0. The van der Waals surface area contributed by atoms with Gasteiger partial charge < -0.3 is 15.9 Å². The molecule has 0 unspecified atom stereocenters. The van der Waals surface area contributed by atoms with Gasteiger partial charge in [0.1, 0.15) is 5.75 Å². The predicted octanol–water partition coefficient (Wildman–Crippen LogP) is 2.62. The Morgan fingerprint density at radius 2 is 2.11 bits per heavy atom. The second kappa shape index (κ2) is 5.59. The lowest BCUT2D eigenvalue weighted by Crippen LogP contribution is -2.13. The van der Waals surface area contributed by atoms with Gasteiger partial charge in [0.15, 0.2) is 0 Å². The maximum atomic E-state index is 11.0. The number of aryl methyl sites for hydroxylation is 1. The van der Waals surface area contributed by atoms with Gasteiger partial charge in [-0.15, -0.1) is 12.4 Å². The van der Waals surface area contributed by atoms with E-state index in [-0.39, 0.29) is 29.8 Å². The van der Waals surface area contributed by atoms with E-state index in [4.69, 9.17) is 10.8 Å². The van der Waals surface area contributed by atoms with Crippen LogP contribution in [-0.2, 0) is 0 Å². The van der Waals surface area contributed by atoms with Crippen molar-refractivity contribution in [3.8, 4) is 5.75 Å². The van der Waals surface area contributed by atoms with Gasteiger partial charge in [-0.3, -0.25) is 0 Å². The summed E-state index contributed by atoms with van der Waals surface area (Å²) in [7, 11) is 0. The smallest absolute Gasteiger partial charge is 0.335 e. The number of carbonyl (C=O) groups is 1. The van der Waals surface area contributed by atoms with Crippen LogP contribution in [0.1, 0.15) is 46.8 Å². The molecule has 0 radical (unpaired) electrons. The van der Waals surface area contributed by atoms with Crippen LogP contribution in [0.4, 0.5) is 0 Å². The molecule has 100 valence electrons. The van der Waals surface area contributed by atoms with Gasteiger partial charge in [0.25, 0.3) is 0 Å². The Balaban J connectivity index is 0.00000162. The fourth-order valence-electron chi connectivity index (χ4n) is 2.05. The highest BCUT2D eigenvalue weighted by Crippen LogP contribution is 2.39. The van der Waals surface area contributed by atoms with Gasteiger partial charge in [-0.2, -0.15) is 0 Å². The standard InChI is InChI=1S/C13H17NO3.ClH/c1-7-4-9(13(16)17)6-10(12(7)15)11(14)5-8-2-3-8;/h4,6,8,11,15H,2-3,5,14H2,1H3,(H,16,17);1H/t11-;/m1./s1. The molecule has 2 rings (SSSR count). The molecule has 18 heavy (non-hydrogen) atoms. The molecule has 0 bridgehead atoms. The second-order valence-electron chi connectivity index (χ2n) is 4.82. The van der Waals surface area contributed by atoms with Gasteiger partial charge in [0.05, 0.1) is 5.56 Å². The van der Waals surface area contributed by atoms with E-state index in [1.807, 2.05) is 0 Å². The Labute approximate surface area is 112 Å². The Morgan fingerprint density at radius 1 is 1.50 bits per heavy atom. The summed E-state index contributed by atoms with van der Waals surface area (Å²) in [4.78, 5) is 11.0. The maximum absolute atomic E-state index is 11.0. The normalized spacial score (nSPS) is 15.9. The van der Waals surface area contributed by atoms with E-state index in [9.17, 15) is 9.90 Å². The van der Waals surface area contributed by atoms with Crippen LogP contribution >= 0.6 is 12.4 Å². The third-order valence-corrected chi connectivity index (χ3v) is 3.26. The molecule has 0 amide bonds. The number of halogens is 1. The largest absolute Gasteiger partial charge is 0.507 e. The van der Waals surface area contributed by atoms with Crippen molar-refractivity contribution in [1.82, 2.24) is 0 Å². The molecule has 5 heteroatoms. The van der Waals surface area contributed by atoms with E-state index < -0.39 is 5.97 Å². The molecule has 4 N–H and O–H groups in total. The van der Waals surface area contributed by atoms with Crippen LogP contribution < -0.4 is 5.73 Å². The summed E-state index contributed by atoms with van der Waals surface area (Å²) in [6.45, 7) is 1.69. The number of carboxylic acids is 1. The van der Waals surface area contributed by atoms with Crippen LogP contribution in [0.25, 0.3) is 0 Å². The van der Waals surface area contributed by atoms with Gasteiger partial charge in [0.2, 0.25) is 0 Å². The number of aromatic carboxylic acids is 1. The van der Waals surface area contributed by atoms with Crippen molar-refractivity contribution in [3.05, 3.63) is 28.8 Å². The van der Waals surface area contributed by atoms with E-state index >= 15 is 0 Å². The highest BCUT2D eigenvalue weighted by molar-refractivity contribution is 5.88. The number of aromatic hydroxyl groups is 1. The Bertz CT molecular complexity index is 458. The van der Waals surface area contributed by atoms with E-state index in [0.29, 0.717) is 17.0 Å². The molecule has 1 aromatic rings. The number of benzene rings is 1. The van der Waals surface area contributed by atoms with Crippen LogP contribution in [-0.4, -0.2) is 16.2 Å². The number of hydrogen-bond donors (Lipinski definition) is 3. The van der Waals surface area contributed by atoms with E-state index in [1.165, 1.54) is 25.0 Å². The van der Waals surface area contributed by atoms with E-state index in [1.54, 1.807) is 6.92 Å². The lowest BCUT2D eigenvalue weighted by molar-refractivity contribution is 0.0696. The summed E-state index contributed by atoms with van der Waals surface area (Å²) in [5, 5.41) is 18.9. The average molecular weight is 272 g/mol. The molecular formula is C13H18ClNO3. The second-order valence-corrected chi connectivity index (χ2v) is 4.82. The molecule has 1 atom stereocenters. The van der Waals surface area contributed by atoms with Crippen molar-refractivity contribution in [2.45, 2.75) is 32.2 Å². The molecule has 0 spiro atoms. The molecule has 1 aliphatic carbocycles. The number of rotatable bonds is 4. The number of hydrogen-bond acceptors (Lipinski definition) is 3. The monoisotopic (exact) mass is 271 g/mol. The number of phenolic OH excluding ortho intramolecular Hbond substituents is 1. The topological polar surface area (TPSA) is 83.5 Å². The van der Waals surface area contributed by atoms with E-state index in [2.05, 4.69) is 0 Å². The molecule has 0 saturated heterocycles. The summed E-state index contributed by atoms with van der Waals surface area (Å²) in [6, 6.07) is 2.67. The number of nitrogens with two attached hydrogens (primary N) is 1. The van der Waals surface area contributed by atoms with Gasteiger partial charge in [0, 0.05) is 11.6 Å². The van der Waals surface area contributed by atoms with Gasteiger partial charge in [-0.1, -0.05) is 12.8 Å². The van der Waals surface area contributed by atoms with Crippen LogP contribution in [0.3, 0.4) is 0 Å². The Hall–Kier alpha value is -1.26. The van der Waals surface area contributed by atoms with Crippen LogP contribution in [0.15, 0.2) is 12.1 Å². The van der Waals surface area contributed by atoms with Crippen molar-refractivity contribution in [3.63, 3.8) is 0 Å². The Morgan fingerprint density at radius 3 is 2.61 bits per heavy atom. The zero-order valence-electron chi connectivity index (χ0n) is 10.2. The maximum Gasteiger partial charge on any atom is 0.335 e. The third kappa shape index (κ3) is 3.15. The number of carboxylic acid groups (broad SMARTS) is 1. The van der Waals surface area contributed by atoms with Crippen molar-refractivity contribution in [1.29, 1.82) is 0 Å². The fourth-order valence-corrected chi connectivity index (χ4v) is 2.05. The zero-order chi connectivity index (χ0) is 12.6. The molecule has 1 aromatic carbocycles. The lowest BCUT2D eigenvalue weighted by atomic mass is 9.96. The highest BCUT2D eigenvalue weighted by atomic mass is 35.5. The predicted molar refractivity (Wildman–Crippen MR) is 71.3 cm³/mol. The summed E-state index contributed by atoms with van der Waals surface area (Å²) in [6.07, 6.45) is 3.19. The fraction of sp³-hybridized carbons (Fsp3) is 0.462. The van der Waals surface area contributed by atoms with Crippen LogP contribution in [0.2, 0.25) is 0 Å². The van der Waals surface area contributed by atoms with Crippen molar-refractivity contribution < 1.29 is 15.0 Å². The van der Waals surface area contributed by atoms with Crippen LogP contribution in [0, 0.1) is 12.8 Å². The first kappa shape index (κ1) is 14.8. The minimum absolute atomic E-state index is 0. The Kier molecular flexibility index (Phi) is 4.59. The summed E-state index contributed by atoms with van der Waals surface area (Å²) in [5.74, 6) is -0.227. The molecule has 0 aliphatic heterocycles. The first-order valence-electron chi connectivity index (χ1n) is 5.81. The minimum atomic E-state index is -0.993. The first-order valence-corrected chi connectivity index (χ1v) is 5.81. The van der Waals surface area contributed by atoms with Crippen LogP contribution in [0.5, 0.6) is 5.75 Å². The molecule has 1 fully saturated rings. The van der Waals surface area contributed by atoms with Crippen molar-refractivity contribution in [2.24, 2.45) is 11.7 Å². The SMILES string of the molecule is Cc1cc(C(=O)O)cc([C@H](N)CC2CC2)c1O.Cl. The molecule has 1 aliphatic rings. The third-order valence-electron chi connectivity index (χ3n) is 3.26. The van der Waals surface area contributed by atoms with Crippen molar-refractivity contribution >= 4 is 18.4 Å². The van der Waals surface area contributed by atoms with Crippen molar-refractivity contribution in [2.75, 3.05) is 0 Å². The minimum Gasteiger partial charge on any atom is -0.507 e. The first-order chi connectivity index (χ1) is 7.99. The molecule has 0 aromatic heterocycles. The molecule has 0 heterocycles. The summed E-state index contributed by atoms with van der Waals surface area (Å²) < 4.78 is 0. The average Bonchev–Trinajstić information content (AvgIpc) is 3.05. The quantitative estimate of drug-likeness (QED) is 0.786. The molecular weight excluding hydrogens is 254 g/mol. The highest BCUT2D eigenvalue weighted by Gasteiger charge is 2.26. The lowest BCUT2D eigenvalue weighted by Gasteiger charge is -2.15.